The van der Waals surface area contributed by atoms with Gasteiger partial charge in [0.2, 0.25) is 0 Å². The number of halogens is 5. The molecule has 12 heteroatoms. The molecule has 6 nitrogen and oxygen atoms in total. The van der Waals surface area contributed by atoms with Gasteiger partial charge in [-0.05, 0) is 78.6 Å². The van der Waals surface area contributed by atoms with E-state index in [1.165, 1.54) is 22.5 Å². The Hall–Kier alpha value is -3.22. The van der Waals surface area contributed by atoms with E-state index >= 15 is 0 Å². The summed E-state index contributed by atoms with van der Waals surface area (Å²) in [7, 11) is 0. The van der Waals surface area contributed by atoms with Gasteiger partial charge in [-0.3, -0.25) is 9.00 Å². The first-order chi connectivity index (χ1) is 19.4. The molecule has 0 spiro atoms. The van der Waals surface area contributed by atoms with E-state index < -0.39 is 34.7 Å². The Morgan fingerprint density at radius 3 is 2.39 bits per heavy atom. The van der Waals surface area contributed by atoms with Gasteiger partial charge in [-0.2, -0.15) is 13.2 Å². The van der Waals surface area contributed by atoms with Crippen LogP contribution in [0.1, 0.15) is 63.6 Å². The number of benzene rings is 3. The Labute approximate surface area is 244 Å². The van der Waals surface area contributed by atoms with Crippen molar-refractivity contribution in [1.82, 2.24) is 0 Å². The van der Waals surface area contributed by atoms with Crippen LogP contribution in [0.15, 0.2) is 63.5 Å². The number of hydrogen-bond acceptors (Lipinski definition) is 4. The minimum absolute atomic E-state index is 0.0184. The molecule has 41 heavy (non-hydrogen) atoms. The summed E-state index contributed by atoms with van der Waals surface area (Å²) in [4.78, 5) is 12.5. The number of carbonyl (C=O) groups excluding carboxylic acids is 1. The summed E-state index contributed by atoms with van der Waals surface area (Å²) < 4.78 is 85.2. The van der Waals surface area contributed by atoms with Crippen molar-refractivity contribution in [3.8, 4) is 0 Å². The van der Waals surface area contributed by atoms with Gasteiger partial charge in [0, 0.05) is 40.2 Å². The molecule has 4 aromatic rings. The molecule has 0 bridgehead atoms. The number of aryl methyl sites for hydroxylation is 1. The van der Waals surface area contributed by atoms with Crippen LogP contribution in [-0.4, -0.2) is 21.2 Å². The van der Waals surface area contributed by atoms with E-state index in [2.05, 4.69) is 15.9 Å². The second-order valence-electron chi connectivity index (χ2n) is 9.98. The molecule has 1 atom stereocenters. The summed E-state index contributed by atoms with van der Waals surface area (Å²) >= 11 is 0.238. The third kappa shape index (κ3) is 6.49. The third-order valence-electron chi connectivity index (χ3n) is 7.06. The van der Waals surface area contributed by atoms with Crippen LogP contribution in [0, 0.1) is 5.82 Å². The van der Waals surface area contributed by atoms with Crippen molar-refractivity contribution in [3.05, 3.63) is 98.5 Å². The molecule has 2 N–H and O–H groups in total. The first-order valence-electron chi connectivity index (χ1n) is 12.8. The fourth-order valence-electron chi connectivity index (χ4n) is 4.97. The Morgan fingerprint density at radius 2 is 1.78 bits per heavy atom. The lowest BCUT2D eigenvalue weighted by Gasteiger charge is -2.28. The number of anilines is 1. The van der Waals surface area contributed by atoms with Crippen LogP contribution >= 0.6 is 15.9 Å². The maximum atomic E-state index is 13.4. The topological polar surface area (TPSA) is 99.6 Å². The maximum absolute atomic E-state index is 13.4. The SMILES string of the molecule is NC(=O)c1c(Cc2ccc(F)cc2)oc2cc(N(CCCc3ccc(Br)c(C(F)(F)F)c3)S(=O)[O-])c(C3CC3)cc12. The molecule has 1 fully saturated rings. The molecule has 1 aromatic heterocycles. The summed E-state index contributed by atoms with van der Waals surface area (Å²) in [5.74, 6) is -0.743. The van der Waals surface area contributed by atoms with Crippen LogP contribution < -0.4 is 10.0 Å². The maximum Gasteiger partial charge on any atom is 0.417 e. The van der Waals surface area contributed by atoms with E-state index in [1.54, 1.807) is 30.3 Å². The molecule has 3 aromatic carbocycles. The fraction of sp³-hybridized carbons (Fsp3) is 0.276. The Kier molecular flexibility index (Phi) is 8.27. The highest BCUT2D eigenvalue weighted by atomic mass is 79.9. The minimum Gasteiger partial charge on any atom is -0.755 e. The van der Waals surface area contributed by atoms with Crippen molar-refractivity contribution in [2.45, 2.75) is 44.2 Å². The fourth-order valence-corrected chi connectivity index (χ4v) is 6.03. The number of alkyl halides is 3. The molecular formula is C29H24BrF4N2O4S-. The second-order valence-corrected chi connectivity index (χ2v) is 11.7. The van der Waals surface area contributed by atoms with Crippen LogP contribution in [0.25, 0.3) is 11.0 Å². The van der Waals surface area contributed by atoms with Crippen LogP contribution in [0.3, 0.4) is 0 Å². The van der Waals surface area contributed by atoms with Crippen molar-refractivity contribution in [1.29, 1.82) is 0 Å². The number of primary amides is 1. The summed E-state index contributed by atoms with van der Waals surface area (Å²) in [6.07, 6.45) is -2.19. The zero-order valence-corrected chi connectivity index (χ0v) is 23.9. The van der Waals surface area contributed by atoms with Gasteiger partial charge in [0.05, 0.1) is 16.8 Å². The van der Waals surface area contributed by atoms with Gasteiger partial charge in [-0.15, -0.1) is 0 Å². The lowest BCUT2D eigenvalue weighted by molar-refractivity contribution is -0.138. The normalized spacial score (nSPS) is 14.4. The van der Waals surface area contributed by atoms with Crippen molar-refractivity contribution in [3.63, 3.8) is 0 Å². The van der Waals surface area contributed by atoms with Crippen molar-refractivity contribution >= 4 is 49.8 Å². The average molecular weight is 652 g/mol. The number of nitrogens with zero attached hydrogens (tertiary/aromatic N) is 1. The van der Waals surface area contributed by atoms with Crippen LogP contribution in [0.5, 0.6) is 0 Å². The highest BCUT2D eigenvalue weighted by Gasteiger charge is 2.33. The number of fused-ring (bicyclic) bond motifs is 1. The summed E-state index contributed by atoms with van der Waals surface area (Å²) in [5.41, 5.74) is 7.61. The second kappa shape index (κ2) is 11.6. The van der Waals surface area contributed by atoms with E-state index in [4.69, 9.17) is 10.2 Å². The van der Waals surface area contributed by atoms with Gasteiger partial charge >= 0.3 is 6.18 Å². The number of rotatable bonds is 10. The minimum atomic E-state index is -4.52. The predicted octanol–water partition coefficient (Wildman–Crippen LogP) is 7.15. The predicted molar refractivity (Wildman–Crippen MR) is 150 cm³/mol. The molecule has 0 aliphatic heterocycles. The number of hydrogen-bond donors (Lipinski definition) is 1. The van der Waals surface area contributed by atoms with Crippen LogP contribution in [0.4, 0.5) is 23.2 Å². The van der Waals surface area contributed by atoms with Gasteiger partial charge in [0.1, 0.15) is 17.2 Å². The van der Waals surface area contributed by atoms with Crippen LogP contribution in [0.2, 0.25) is 0 Å². The highest BCUT2D eigenvalue weighted by molar-refractivity contribution is 9.10. The number of carbonyl (C=O) groups is 1. The first-order valence-corrected chi connectivity index (χ1v) is 14.6. The molecule has 1 aliphatic carbocycles. The van der Waals surface area contributed by atoms with Crippen molar-refractivity contribution in [2.24, 2.45) is 5.73 Å². The largest absolute Gasteiger partial charge is 0.755 e. The summed E-state index contributed by atoms with van der Waals surface area (Å²) in [6.45, 7) is 0.0184. The quantitative estimate of drug-likeness (QED) is 0.145. The van der Waals surface area contributed by atoms with Gasteiger partial charge in [0.15, 0.2) is 0 Å². The average Bonchev–Trinajstić information content (AvgIpc) is 3.68. The standard InChI is InChI=1S/C29H25BrF4N2O4S/c30-23-10-5-16(12-22(23)29(32,33)34)2-1-11-36(41(38)39)24-15-25-21(14-20(24)18-6-7-18)27(28(35)37)26(40-25)13-17-3-8-19(31)9-4-17/h3-5,8-10,12,14-15,18H,1-2,6-7,11,13H2,(H2,35,37)(H,38,39)/p-1. The Balaban J connectivity index is 1.46. The van der Waals surface area contributed by atoms with Gasteiger partial charge in [-0.25, -0.2) is 4.39 Å². The summed E-state index contributed by atoms with van der Waals surface area (Å²) in [5, 5.41) is 0.464. The summed E-state index contributed by atoms with van der Waals surface area (Å²) in [6, 6.07) is 13.0. The lowest BCUT2D eigenvalue weighted by Crippen LogP contribution is -2.28. The molecule has 1 saturated carbocycles. The van der Waals surface area contributed by atoms with E-state index in [0.717, 1.165) is 24.5 Å². The zero-order valence-electron chi connectivity index (χ0n) is 21.5. The monoisotopic (exact) mass is 651 g/mol. The molecule has 1 amide bonds. The van der Waals surface area contributed by atoms with Crippen molar-refractivity contribution < 1.29 is 35.5 Å². The molecule has 1 heterocycles. The van der Waals surface area contributed by atoms with Crippen LogP contribution in [-0.2, 0) is 30.3 Å². The van der Waals surface area contributed by atoms with Gasteiger partial charge < -0.3 is 19.0 Å². The molecule has 5 rings (SSSR count). The number of nitrogens with two attached hydrogens (primary N) is 1. The lowest BCUT2D eigenvalue weighted by atomic mass is 10.0. The Bertz CT molecular complexity index is 1630. The molecule has 1 aliphatic rings. The van der Waals surface area contributed by atoms with E-state index in [0.29, 0.717) is 22.2 Å². The first kappa shape index (κ1) is 29.3. The number of amides is 1. The highest BCUT2D eigenvalue weighted by Crippen LogP contribution is 2.47. The molecule has 0 radical (unpaired) electrons. The van der Waals surface area contributed by atoms with Crippen molar-refractivity contribution in [2.75, 3.05) is 10.8 Å². The molecule has 216 valence electrons. The zero-order chi connectivity index (χ0) is 29.5. The van der Waals surface area contributed by atoms with E-state index in [1.807, 2.05) is 0 Å². The molecular weight excluding hydrogens is 628 g/mol. The number of furan rings is 1. The molecule has 0 saturated heterocycles. The molecule has 1 unspecified atom stereocenters. The van der Waals surface area contributed by atoms with E-state index in [-0.39, 0.29) is 53.1 Å². The Morgan fingerprint density at radius 1 is 1.10 bits per heavy atom. The van der Waals surface area contributed by atoms with Gasteiger partial charge in [-0.1, -0.05) is 34.1 Å². The van der Waals surface area contributed by atoms with Gasteiger partial charge in [0.25, 0.3) is 5.91 Å². The van der Waals surface area contributed by atoms with E-state index in [9.17, 15) is 31.1 Å². The third-order valence-corrected chi connectivity index (χ3v) is 8.49. The smallest absolute Gasteiger partial charge is 0.417 e.